The zero-order valence-electron chi connectivity index (χ0n) is 12.2. The average Bonchev–Trinajstić information content (AvgIpc) is 2.49. The van der Waals surface area contributed by atoms with E-state index in [1.54, 1.807) is 0 Å². The summed E-state index contributed by atoms with van der Waals surface area (Å²) >= 11 is 0. The SMILES string of the molecule is COCCCNS(=O)(=O)c1cc(C(=O)O)ccc1NCCO. The lowest BCUT2D eigenvalue weighted by atomic mass is 10.2. The van der Waals surface area contributed by atoms with Crippen LogP contribution in [0.4, 0.5) is 5.69 Å². The molecule has 0 heterocycles. The van der Waals surface area contributed by atoms with Crippen molar-refractivity contribution in [2.75, 3.05) is 38.7 Å². The number of methoxy groups -OCH3 is 1. The molecule has 4 N–H and O–H groups in total. The molecule has 0 bridgehead atoms. The number of aromatic carboxylic acids is 1. The summed E-state index contributed by atoms with van der Waals surface area (Å²) in [5, 5.41) is 20.6. The number of rotatable bonds is 10. The number of nitrogens with one attached hydrogen (secondary N) is 2. The minimum Gasteiger partial charge on any atom is -0.478 e. The van der Waals surface area contributed by atoms with E-state index in [1.165, 1.54) is 19.2 Å². The molecule has 9 heteroatoms. The highest BCUT2D eigenvalue weighted by Crippen LogP contribution is 2.22. The molecule has 0 aliphatic heterocycles. The van der Waals surface area contributed by atoms with Crippen molar-refractivity contribution in [1.82, 2.24) is 4.72 Å². The summed E-state index contributed by atoms with van der Waals surface area (Å²) in [5.41, 5.74) is 0.102. The number of carboxylic acid groups (broad SMARTS) is 1. The van der Waals surface area contributed by atoms with Crippen LogP contribution in [0.15, 0.2) is 23.1 Å². The number of carboxylic acids is 1. The summed E-state index contributed by atoms with van der Waals surface area (Å²) in [4.78, 5) is 10.8. The van der Waals surface area contributed by atoms with Crippen molar-refractivity contribution in [3.63, 3.8) is 0 Å². The highest BCUT2D eigenvalue weighted by molar-refractivity contribution is 7.89. The number of hydrogen-bond acceptors (Lipinski definition) is 6. The molecule has 0 atom stereocenters. The van der Waals surface area contributed by atoms with Gasteiger partial charge in [-0.3, -0.25) is 0 Å². The number of benzene rings is 1. The Hall–Kier alpha value is -1.68. The highest BCUT2D eigenvalue weighted by Gasteiger charge is 2.20. The summed E-state index contributed by atoms with van der Waals surface area (Å²) in [6.45, 7) is 0.556. The third-order valence-corrected chi connectivity index (χ3v) is 4.26. The summed E-state index contributed by atoms with van der Waals surface area (Å²) in [5.74, 6) is -1.22. The predicted molar refractivity (Wildman–Crippen MR) is 80.7 cm³/mol. The van der Waals surface area contributed by atoms with Crippen molar-refractivity contribution in [2.45, 2.75) is 11.3 Å². The van der Waals surface area contributed by atoms with Crippen LogP contribution < -0.4 is 10.0 Å². The molecule has 0 saturated carbocycles. The quantitative estimate of drug-likeness (QED) is 0.448. The lowest BCUT2D eigenvalue weighted by Crippen LogP contribution is -2.27. The Bertz CT molecular complexity index is 603. The van der Waals surface area contributed by atoms with Crippen LogP contribution in [0, 0.1) is 0 Å². The van der Waals surface area contributed by atoms with Crippen molar-refractivity contribution in [2.24, 2.45) is 0 Å². The van der Waals surface area contributed by atoms with Crippen LogP contribution in [0.25, 0.3) is 0 Å². The van der Waals surface area contributed by atoms with E-state index >= 15 is 0 Å². The molecule has 0 radical (unpaired) electrons. The van der Waals surface area contributed by atoms with Crippen LogP contribution in [-0.4, -0.2) is 58.0 Å². The number of hydrogen-bond donors (Lipinski definition) is 4. The van der Waals surface area contributed by atoms with E-state index in [-0.39, 0.29) is 35.8 Å². The average molecular weight is 332 g/mol. The Morgan fingerprint density at radius 3 is 2.64 bits per heavy atom. The maximum atomic E-state index is 12.3. The Balaban J connectivity index is 3.05. The topological polar surface area (TPSA) is 125 Å². The second-order valence-corrected chi connectivity index (χ2v) is 6.15. The molecule has 1 aromatic rings. The maximum Gasteiger partial charge on any atom is 0.335 e. The van der Waals surface area contributed by atoms with E-state index < -0.39 is 16.0 Å². The van der Waals surface area contributed by atoms with Gasteiger partial charge in [-0.15, -0.1) is 0 Å². The van der Waals surface area contributed by atoms with Gasteiger partial charge < -0.3 is 20.3 Å². The fourth-order valence-corrected chi connectivity index (χ4v) is 3.00. The standard InChI is InChI=1S/C13H20N2O6S/c1-21-8-2-5-15-22(19,20)12-9-10(13(17)18)3-4-11(12)14-6-7-16/h3-4,9,14-16H,2,5-8H2,1H3,(H,17,18). The molecular weight excluding hydrogens is 312 g/mol. The van der Waals surface area contributed by atoms with Gasteiger partial charge in [0.15, 0.2) is 0 Å². The van der Waals surface area contributed by atoms with Gasteiger partial charge in [0, 0.05) is 26.8 Å². The lowest BCUT2D eigenvalue weighted by molar-refractivity contribution is 0.0696. The molecule has 0 unspecified atom stereocenters. The summed E-state index contributed by atoms with van der Waals surface area (Å²) in [6.07, 6.45) is 0.494. The van der Waals surface area contributed by atoms with Crippen molar-refractivity contribution >= 4 is 21.7 Å². The fraction of sp³-hybridized carbons (Fsp3) is 0.462. The largest absolute Gasteiger partial charge is 0.478 e. The van der Waals surface area contributed by atoms with Gasteiger partial charge in [0.25, 0.3) is 0 Å². The highest BCUT2D eigenvalue weighted by atomic mass is 32.2. The fourth-order valence-electron chi connectivity index (χ4n) is 1.72. The normalized spacial score (nSPS) is 11.4. The van der Waals surface area contributed by atoms with Gasteiger partial charge in [0.1, 0.15) is 4.90 Å². The van der Waals surface area contributed by atoms with Gasteiger partial charge in [-0.1, -0.05) is 0 Å². The number of carbonyl (C=O) groups is 1. The number of aliphatic hydroxyl groups is 1. The third-order valence-electron chi connectivity index (χ3n) is 2.76. The summed E-state index contributed by atoms with van der Waals surface area (Å²) in [7, 11) is -2.36. The molecule has 0 saturated heterocycles. The van der Waals surface area contributed by atoms with Crippen LogP contribution in [0.3, 0.4) is 0 Å². The van der Waals surface area contributed by atoms with Gasteiger partial charge in [-0.05, 0) is 24.6 Å². The van der Waals surface area contributed by atoms with Crippen LogP contribution >= 0.6 is 0 Å². The Morgan fingerprint density at radius 1 is 1.32 bits per heavy atom. The maximum absolute atomic E-state index is 12.3. The first kappa shape index (κ1) is 18.4. The number of aliphatic hydroxyl groups excluding tert-OH is 1. The van der Waals surface area contributed by atoms with Crippen molar-refractivity contribution in [3.8, 4) is 0 Å². The van der Waals surface area contributed by atoms with Gasteiger partial charge in [0.2, 0.25) is 10.0 Å². The molecule has 0 fully saturated rings. The first-order chi connectivity index (χ1) is 10.4. The number of ether oxygens (including phenoxy) is 1. The van der Waals surface area contributed by atoms with Gasteiger partial charge >= 0.3 is 5.97 Å². The first-order valence-electron chi connectivity index (χ1n) is 6.63. The van der Waals surface area contributed by atoms with Crippen LogP contribution in [0.1, 0.15) is 16.8 Å². The van der Waals surface area contributed by atoms with Crippen LogP contribution in [0.2, 0.25) is 0 Å². The minimum atomic E-state index is -3.87. The monoisotopic (exact) mass is 332 g/mol. The van der Waals surface area contributed by atoms with Gasteiger partial charge in [-0.25, -0.2) is 17.9 Å². The molecule has 1 aromatic carbocycles. The zero-order valence-corrected chi connectivity index (χ0v) is 13.0. The Morgan fingerprint density at radius 2 is 2.05 bits per heavy atom. The van der Waals surface area contributed by atoms with Crippen LogP contribution in [-0.2, 0) is 14.8 Å². The van der Waals surface area contributed by atoms with E-state index in [0.717, 1.165) is 6.07 Å². The summed E-state index contributed by atoms with van der Waals surface area (Å²) in [6, 6.07) is 3.75. The van der Waals surface area contributed by atoms with E-state index in [0.29, 0.717) is 13.0 Å². The van der Waals surface area contributed by atoms with E-state index in [2.05, 4.69) is 10.0 Å². The Kier molecular flexibility index (Phi) is 7.25. The predicted octanol–water partition coefficient (Wildman–Crippen LogP) is 0.104. The molecule has 0 spiro atoms. The minimum absolute atomic E-state index is 0.133. The van der Waals surface area contributed by atoms with Crippen LogP contribution in [0.5, 0.6) is 0 Å². The number of sulfonamides is 1. The van der Waals surface area contributed by atoms with E-state index in [1.807, 2.05) is 0 Å². The molecular formula is C13H20N2O6S. The molecule has 8 nitrogen and oxygen atoms in total. The van der Waals surface area contributed by atoms with Crippen molar-refractivity contribution < 1.29 is 28.2 Å². The van der Waals surface area contributed by atoms with Crippen molar-refractivity contribution in [3.05, 3.63) is 23.8 Å². The molecule has 0 aromatic heterocycles. The molecule has 124 valence electrons. The van der Waals surface area contributed by atoms with Crippen molar-refractivity contribution in [1.29, 1.82) is 0 Å². The lowest BCUT2D eigenvalue weighted by Gasteiger charge is -2.13. The summed E-state index contributed by atoms with van der Waals surface area (Å²) < 4.78 is 31.8. The molecule has 0 amide bonds. The number of anilines is 1. The smallest absolute Gasteiger partial charge is 0.335 e. The van der Waals surface area contributed by atoms with Gasteiger partial charge in [-0.2, -0.15) is 0 Å². The first-order valence-corrected chi connectivity index (χ1v) is 8.11. The third kappa shape index (κ3) is 5.26. The van der Waals surface area contributed by atoms with E-state index in [4.69, 9.17) is 14.9 Å². The molecule has 0 aliphatic carbocycles. The molecule has 0 aliphatic rings. The second-order valence-electron chi connectivity index (χ2n) is 4.41. The second kappa shape index (κ2) is 8.69. The van der Waals surface area contributed by atoms with E-state index in [9.17, 15) is 13.2 Å². The molecule has 22 heavy (non-hydrogen) atoms. The van der Waals surface area contributed by atoms with Gasteiger partial charge in [0.05, 0.1) is 17.9 Å². The molecule has 1 rings (SSSR count). The Labute approximate surface area is 129 Å². The zero-order chi connectivity index (χ0) is 16.6.